The second kappa shape index (κ2) is 11.4. The van der Waals surface area contributed by atoms with Crippen molar-refractivity contribution < 1.29 is 9.53 Å². The summed E-state index contributed by atoms with van der Waals surface area (Å²) in [5.41, 5.74) is 2.75. The van der Waals surface area contributed by atoms with Crippen molar-refractivity contribution in [2.75, 3.05) is 43.0 Å². The molecule has 5 nitrogen and oxygen atoms in total. The fraction of sp³-hybridized carbons (Fsp3) is 0.280. The second-order valence-corrected chi connectivity index (χ2v) is 10.2. The lowest BCUT2D eigenvalue weighted by Crippen LogP contribution is -2.50. The number of rotatable bonds is 6. The predicted molar refractivity (Wildman–Crippen MR) is 146 cm³/mol. The van der Waals surface area contributed by atoms with E-state index in [0.717, 1.165) is 48.2 Å². The summed E-state index contributed by atoms with van der Waals surface area (Å²) < 4.78 is 5.28. The number of ether oxygens (including phenoxy) is 1. The number of benzene rings is 2. The van der Waals surface area contributed by atoms with Crippen LogP contribution in [0.15, 0.2) is 54.6 Å². The minimum atomic E-state index is -0.340. The van der Waals surface area contributed by atoms with Crippen LogP contribution in [0.2, 0.25) is 10.0 Å². The van der Waals surface area contributed by atoms with Gasteiger partial charge < -0.3 is 19.9 Å². The van der Waals surface area contributed by atoms with Crippen molar-refractivity contribution in [1.29, 1.82) is 0 Å². The highest BCUT2D eigenvalue weighted by Gasteiger charge is 2.23. The number of carbonyl (C=O) groups is 1. The number of carbonyl (C=O) groups excluding carboxylic acids is 1. The van der Waals surface area contributed by atoms with Crippen LogP contribution in [0, 0.1) is 0 Å². The molecule has 4 rings (SSSR count). The third-order valence-corrected chi connectivity index (χ3v) is 7.71. The van der Waals surface area contributed by atoms with E-state index in [1.165, 1.54) is 16.9 Å². The molecule has 0 unspecified atom stereocenters. The van der Waals surface area contributed by atoms with E-state index < -0.39 is 0 Å². The quantitative estimate of drug-likeness (QED) is 0.294. The molecule has 0 atom stereocenters. The van der Waals surface area contributed by atoms with Crippen molar-refractivity contribution in [2.45, 2.75) is 13.3 Å². The molecular weight excluding hydrogens is 509 g/mol. The number of nitrogens with one attached hydrogen (secondary N) is 1. The van der Waals surface area contributed by atoms with E-state index >= 15 is 0 Å². The molecule has 0 amide bonds. The normalized spacial score (nSPS) is 13.6. The molecule has 0 bridgehead atoms. The lowest BCUT2D eigenvalue weighted by atomic mass is 10.1. The van der Waals surface area contributed by atoms with Gasteiger partial charge in [-0.25, -0.2) is 4.79 Å². The molecule has 3 aromatic rings. The van der Waals surface area contributed by atoms with Gasteiger partial charge in [-0.05, 0) is 49.0 Å². The third-order valence-electron chi connectivity index (χ3n) is 5.56. The number of thiocarbonyl (C=S) groups is 1. The summed E-state index contributed by atoms with van der Waals surface area (Å²) in [5, 5.41) is 5.74. The number of thiophene rings is 1. The highest BCUT2D eigenvalue weighted by molar-refractivity contribution is 7.80. The van der Waals surface area contributed by atoms with Gasteiger partial charge in [0, 0.05) is 43.2 Å². The van der Waals surface area contributed by atoms with E-state index in [4.69, 9.17) is 40.2 Å². The first-order valence-corrected chi connectivity index (χ1v) is 13.0. The smallest absolute Gasteiger partial charge is 0.341 e. The summed E-state index contributed by atoms with van der Waals surface area (Å²) in [6, 6.07) is 17.8. The van der Waals surface area contributed by atoms with E-state index in [9.17, 15) is 4.79 Å². The second-order valence-electron chi connectivity index (χ2n) is 7.84. The van der Waals surface area contributed by atoms with Crippen molar-refractivity contribution in [1.82, 2.24) is 4.90 Å². The van der Waals surface area contributed by atoms with Crippen LogP contribution in [0.1, 0.15) is 27.7 Å². The number of halogens is 2. The fourth-order valence-electron chi connectivity index (χ4n) is 3.81. The topological polar surface area (TPSA) is 44.8 Å². The van der Waals surface area contributed by atoms with E-state index in [1.807, 2.05) is 42.5 Å². The number of hydrogen-bond donors (Lipinski definition) is 1. The molecule has 9 heteroatoms. The van der Waals surface area contributed by atoms with Gasteiger partial charge in [0.25, 0.3) is 0 Å². The summed E-state index contributed by atoms with van der Waals surface area (Å²) >= 11 is 19.5. The van der Waals surface area contributed by atoms with Gasteiger partial charge >= 0.3 is 5.97 Å². The first-order valence-electron chi connectivity index (χ1n) is 11.0. The number of piperazine rings is 1. The Hall–Kier alpha value is -2.32. The largest absolute Gasteiger partial charge is 0.462 e. The van der Waals surface area contributed by atoms with Crippen molar-refractivity contribution >= 4 is 68.5 Å². The zero-order chi connectivity index (χ0) is 24.1. The van der Waals surface area contributed by atoms with Crippen LogP contribution < -0.4 is 10.2 Å². The van der Waals surface area contributed by atoms with Gasteiger partial charge in [0.05, 0.1) is 22.2 Å². The highest BCUT2D eigenvalue weighted by Crippen LogP contribution is 2.32. The molecule has 2 aromatic carbocycles. The lowest BCUT2D eigenvalue weighted by Gasteiger charge is -2.37. The van der Waals surface area contributed by atoms with E-state index in [0.29, 0.717) is 27.3 Å². The first kappa shape index (κ1) is 24.8. The summed E-state index contributed by atoms with van der Waals surface area (Å²) in [6.07, 6.45) is 0.745. The van der Waals surface area contributed by atoms with Crippen LogP contribution in [0.25, 0.3) is 0 Å². The van der Waals surface area contributed by atoms with E-state index in [2.05, 4.69) is 27.2 Å². The van der Waals surface area contributed by atoms with E-state index in [1.54, 1.807) is 6.92 Å². The average molecular weight is 535 g/mol. The number of hydrogen-bond acceptors (Lipinski definition) is 5. The van der Waals surface area contributed by atoms with Gasteiger partial charge in [-0.15, -0.1) is 11.3 Å². The molecule has 2 heterocycles. The summed E-state index contributed by atoms with van der Waals surface area (Å²) in [4.78, 5) is 18.1. The van der Waals surface area contributed by atoms with Crippen LogP contribution >= 0.6 is 46.8 Å². The Morgan fingerprint density at radius 3 is 2.47 bits per heavy atom. The van der Waals surface area contributed by atoms with Crippen LogP contribution in [0.3, 0.4) is 0 Å². The first-order chi connectivity index (χ1) is 16.4. The fourth-order valence-corrected chi connectivity index (χ4v) is 5.52. The molecule has 0 saturated carbocycles. The Balaban J connectivity index is 1.43. The van der Waals surface area contributed by atoms with Gasteiger partial charge in [0.1, 0.15) is 5.00 Å². The maximum atomic E-state index is 12.6. The number of nitrogens with zero attached hydrogens (tertiary/aromatic N) is 2. The molecule has 1 aliphatic rings. The molecule has 1 aliphatic heterocycles. The van der Waals surface area contributed by atoms with Crippen molar-refractivity contribution in [3.8, 4) is 0 Å². The lowest BCUT2D eigenvalue weighted by molar-refractivity contribution is 0.0528. The monoisotopic (exact) mass is 533 g/mol. The standard InChI is InChI=1S/C25H25Cl2N3O2S2/c1-2-32-24(31)20-16-19(14-17-6-4-3-5-7-17)34-23(20)28-25(33)30-12-10-29(11-13-30)18-8-9-21(26)22(27)15-18/h3-9,15-16H,2,10-14H2,1H3,(H,28,33). The third kappa shape index (κ3) is 6.02. The molecule has 1 N–H and O–H groups in total. The van der Waals surface area contributed by atoms with E-state index in [-0.39, 0.29) is 5.97 Å². The highest BCUT2D eigenvalue weighted by atomic mass is 35.5. The van der Waals surface area contributed by atoms with Gasteiger partial charge in [-0.1, -0.05) is 53.5 Å². The molecule has 0 radical (unpaired) electrons. The molecule has 1 fully saturated rings. The van der Waals surface area contributed by atoms with Crippen molar-refractivity contribution in [3.05, 3.63) is 80.6 Å². The minimum absolute atomic E-state index is 0.323. The molecule has 0 spiro atoms. The maximum absolute atomic E-state index is 12.6. The molecule has 178 valence electrons. The Morgan fingerprint density at radius 2 is 1.79 bits per heavy atom. The summed E-state index contributed by atoms with van der Waals surface area (Å²) in [5.74, 6) is -0.340. The van der Waals surface area contributed by atoms with Crippen LogP contribution in [-0.4, -0.2) is 48.8 Å². The Bertz CT molecular complexity index is 1160. The van der Waals surface area contributed by atoms with Gasteiger partial charge in [-0.3, -0.25) is 0 Å². The zero-order valence-corrected chi connectivity index (χ0v) is 21.9. The Morgan fingerprint density at radius 1 is 1.06 bits per heavy atom. The maximum Gasteiger partial charge on any atom is 0.341 e. The molecule has 1 aromatic heterocycles. The minimum Gasteiger partial charge on any atom is -0.462 e. The number of esters is 1. The summed E-state index contributed by atoms with van der Waals surface area (Å²) in [7, 11) is 0. The molecule has 1 saturated heterocycles. The van der Waals surface area contributed by atoms with Gasteiger partial charge in [-0.2, -0.15) is 0 Å². The van der Waals surface area contributed by atoms with Crippen LogP contribution in [-0.2, 0) is 11.2 Å². The molecular formula is C25H25Cl2N3O2S2. The van der Waals surface area contributed by atoms with Crippen LogP contribution in [0.5, 0.6) is 0 Å². The Kier molecular flexibility index (Phi) is 8.32. The average Bonchev–Trinajstić information content (AvgIpc) is 3.23. The molecule has 34 heavy (non-hydrogen) atoms. The zero-order valence-electron chi connectivity index (χ0n) is 18.7. The molecule has 0 aliphatic carbocycles. The summed E-state index contributed by atoms with van der Waals surface area (Å²) in [6.45, 7) is 5.23. The van der Waals surface area contributed by atoms with Crippen LogP contribution in [0.4, 0.5) is 10.7 Å². The number of anilines is 2. The Labute approximate surface area is 219 Å². The van der Waals surface area contributed by atoms with Crippen molar-refractivity contribution in [3.63, 3.8) is 0 Å². The van der Waals surface area contributed by atoms with Gasteiger partial charge in [0.2, 0.25) is 0 Å². The van der Waals surface area contributed by atoms with Crippen molar-refractivity contribution in [2.24, 2.45) is 0 Å². The van der Waals surface area contributed by atoms with Gasteiger partial charge in [0.15, 0.2) is 5.11 Å². The SMILES string of the molecule is CCOC(=O)c1cc(Cc2ccccc2)sc1NC(=S)N1CCN(c2ccc(Cl)c(Cl)c2)CC1. The predicted octanol–water partition coefficient (Wildman–Crippen LogP) is 6.34.